The summed E-state index contributed by atoms with van der Waals surface area (Å²) in [5.41, 5.74) is 1.90. The average molecular weight is 291 g/mol. The molecule has 0 fully saturated rings. The summed E-state index contributed by atoms with van der Waals surface area (Å²) in [5.74, 6) is -0.00940. The molecule has 118 valence electrons. The Hall–Kier alpha value is -1.55. The van der Waals surface area contributed by atoms with Crippen molar-refractivity contribution in [3.05, 3.63) is 29.8 Å². The molecule has 1 aromatic carbocycles. The second-order valence-electron chi connectivity index (χ2n) is 5.30. The highest BCUT2D eigenvalue weighted by molar-refractivity contribution is 5.94. The van der Waals surface area contributed by atoms with Crippen molar-refractivity contribution in [1.29, 1.82) is 0 Å². The molecule has 1 rings (SSSR count). The van der Waals surface area contributed by atoms with Crippen molar-refractivity contribution in [3.63, 3.8) is 0 Å². The summed E-state index contributed by atoms with van der Waals surface area (Å²) >= 11 is 0. The van der Waals surface area contributed by atoms with E-state index in [4.69, 9.17) is 0 Å². The minimum atomic E-state index is -0.00940. The lowest BCUT2D eigenvalue weighted by Gasteiger charge is -2.22. The van der Waals surface area contributed by atoms with Crippen molar-refractivity contribution in [2.45, 2.75) is 40.2 Å². The number of carbonyl (C=O) groups excluding carboxylic acids is 1. The van der Waals surface area contributed by atoms with E-state index in [0.717, 1.165) is 31.6 Å². The van der Waals surface area contributed by atoms with Gasteiger partial charge >= 0.3 is 0 Å². The molecular weight excluding hydrogens is 262 g/mol. The van der Waals surface area contributed by atoms with Gasteiger partial charge in [-0.3, -0.25) is 4.79 Å². The van der Waals surface area contributed by atoms with Crippen LogP contribution in [0.25, 0.3) is 0 Å². The fourth-order valence-corrected chi connectivity index (χ4v) is 2.33. The van der Waals surface area contributed by atoms with Gasteiger partial charge in [0.1, 0.15) is 0 Å². The first-order valence-electron chi connectivity index (χ1n) is 7.98. The van der Waals surface area contributed by atoms with Crippen LogP contribution in [0.1, 0.15) is 44.5 Å². The number of amides is 1. The van der Waals surface area contributed by atoms with E-state index in [1.54, 1.807) is 0 Å². The van der Waals surface area contributed by atoms with Gasteiger partial charge in [0.25, 0.3) is 5.91 Å². The molecule has 0 aliphatic carbocycles. The third kappa shape index (κ3) is 5.76. The highest BCUT2D eigenvalue weighted by atomic mass is 16.1. The van der Waals surface area contributed by atoms with Crippen molar-refractivity contribution in [1.82, 2.24) is 10.6 Å². The lowest BCUT2D eigenvalue weighted by Crippen LogP contribution is -2.38. The molecule has 1 aromatic rings. The van der Waals surface area contributed by atoms with Gasteiger partial charge < -0.3 is 15.5 Å². The average Bonchev–Trinajstić information content (AvgIpc) is 2.51. The Bertz CT molecular complexity index is 417. The number of rotatable bonds is 9. The van der Waals surface area contributed by atoms with E-state index in [1.165, 1.54) is 5.69 Å². The third-order valence-electron chi connectivity index (χ3n) is 3.49. The maximum atomic E-state index is 12.1. The summed E-state index contributed by atoms with van der Waals surface area (Å²) in [4.78, 5) is 14.4. The summed E-state index contributed by atoms with van der Waals surface area (Å²) in [7, 11) is 0. The van der Waals surface area contributed by atoms with Gasteiger partial charge in [-0.1, -0.05) is 13.8 Å². The summed E-state index contributed by atoms with van der Waals surface area (Å²) in [5, 5.41) is 6.23. The van der Waals surface area contributed by atoms with Gasteiger partial charge in [0.05, 0.1) is 0 Å². The SMILES string of the molecule is CCCN(CC)c1ccc(C(=O)NC[C@@H](C)NCC)cc1. The minimum Gasteiger partial charge on any atom is -0.372 e. The fraction of sp³-hybridized carbons (Fsp3) is 0.588. The zero-order chi connectivity index (χ0) is 15.7. The fourth-order valence-electron chi connectivity index (χ4n) is 2.33. The number of carbonyl (C=O) groups is 1. The first-order valence-corrected chi connectivity index (χ1v) is 7.98. The minimum absolute atomic E-state index is 0.00940. The van der Waals surface area contributed by atoms with Crippen LogP contribution >= 0.6 is 0 Å². The first kappa shape index (κ1) is 17.5. The Morgan fingerprint density at radius 2 is 1.86 bits per heavy atom. The van der Waals surface area contributed by atoms with Gasteiger partial charge in [0.15, 0.2) is 0 Å². The van der Waals surface area contributed by atoms with E-state index < -0.39 is 0 Å². The smallest absolute Gasteiger partial charge is 0.251 e. The number of likely N-dealkylation sites (N-methyl/N-ethyl adjacent to an activating group) is 1. The standard InChI is InChI=1S/C17H29N3O/c1-5-12-20(7-3)16-10-8-15(9-11-16)17(21)19-13-14(4)18-6-2/h8-11,14,18H,5-7,12-13H2,1-4H3,(H,19,21)/t14-/m1/s1. The Labute approximate surface area is 128 Å². The van der Waals surface area contributed by atoms with E-state index >= 15 is 0 Å². The molecule has 4 heteroatoms. The van der Waals surface area contributed by atoms with Gasteiger partial charge in [0, 0.05) is 36.9 Å². The van der Waals surface area contributed by atoms with Crippen LogP contribution in [0, 0.1) is 0 Å². The Morgan fingerprint density at radius 1 is 1.19 bits per heavy atom. The number of hydrogen-bond donors (Lipinski definition) is 2. The van der Waals surface area contributed by atoms with Gasteiger partial charge in [-0.2, -0.15) is 0 Å². The molecule has 0 heterocycles. The van der Waals surface area contributed by atoms with E-state index in [0.29, 0.717) is 12.6 Å². The molecule has 0 radical (unpaired) electrons. The van der Waals surface area contributed by atoms with Crippen LogP contribution in [-0.2, 0) is 0 Å². The van der Waals surface area contributed by atoms with Gasteiger partial charge in [-0.15, -0.1) is 0 Å². The molecule has 1 atom stereocenters. The van der Waals surface area contributed by atoms with E-state index in [9.17, 15) is 4.79 Å². The van der Waals surface area contributed by atoms with E-state index in [2.05, 4.69) is 43.2 Å². The Balaban J connectivity index is 2.58. The molecule has 4 nitrogen and oxygen atoms in total. The van der Waals surface area contributed by atoms with Crippen LogP contribution in [0.2, 0.25) is 0 Å². The molecule has 0 aliphatic heterocycles. The predicted octanol–water partition coefficient (Wildman–Crippen LogP) is 2.65. The molecule has 0 saturated carbocycles. The first-order chi connectivity index (χ1) is 10.1. The molecule has 0 aromatic heterocycles. The Kier molecular flexibility index (Phi) is 7.83. The summed E-state index contributed by atoms with van der Waals surface area (Å²) < 4.78 is 0. The molecule has 1 amide bonds. The number of nitrogens with zero attached hydrogens (tertiary/aromatic N) is 1. The summed E-state index contributed by atoms with van der Waals surface area (Å²) in [6, 6.07) is 8.16. The van der Waals surface area contributed by atoms with Crippen molar-refractivity contribution in [2.24, 2.45) is 0 Å². The maximum absolute atomic E-state index is 12.1. The van der Waals surface area contributed by atoms with Crippen LogP contribution in [-0.4, -0.2) is 38.1 Å². The van der Waals surface area contributed by atoms with Crippen LogP contribution in [0.15, 0.2) is 24.3 Å². The van der Waals surface area contributed by atoms with Crippen LogP contribution in [0.3, 0.4) is 0 Å². The molecule has 0 spiro atoms. The van der Waals surface area contributed by atoms with Crippen LogP contribution < -0.4 is 15.5 Å². The maximum Gasteiger partial charge on any atom is 0.251 e. The largest absolute Gasteiger partial charge is 0.372 e. The second-order valence-corrected chi connectivity index (χ2v) is 5.30. The zero-order valence-electron chi connectivity index (χ0n) is 13.8. The highest BCUT2D eigenvalue weighted by Crippen LogP contribution is 2.15. The van der Waals surface area contributed by atoms with Gasteiger partial charge in [-0.25, -0.2) is 0 Å². The lowest BCUT2D eigenvalue weighted by atomic mass is 10.1. The predicted molar refractivity (Wildman–Crippen MR) is 90.1 cm³/mol. The second kappa shape index (κ2) is 9.40. The lowest BCUT2D eigenvalue weighted by molar-refractivity contribution is 0.0950. The van der Waals surface area contributed by atoms with Crippen molar-refractivity contribution < 1.29 is 4.79 Å². The van der Waals surface area contributed by atoms with E-state index in [1.807, 2.05) is 24.3 Å². The Morgan fingerprint density at radius 3 is 2.38 bits per heavy atom. The number of hydrogen-bond acceptors (Lipinski definition) is 3. The van der Waals surface area contributed by atoms with Crippen molar-refractivity contribution in [3.8, 4) is 0 Å². The number of benzene rings is 1. The normalized spacial score (nSPS) is 12.0. The zero-order valence-corrected chi connectivity index (χ0v) is 13.8. The molecule has 0 bridgehead atoms. The molecular formula is C17H29N3O. The van der Waals surface area contributed by atoms with Crippen LogP contribution in [0.5, 0.6) is 0 Å². The van der Waals surface area contributed by atoms with E-state index in [-0.39, 0.29) is 5.91 Å². The summed E-state index contributed by atoms with van der Waals surface area (Å²) in [6.45, 7) is 12.0. The summed E-state index contributed by atoms with van der Waals surface area (Å²) in [6.07, 6.45) is 1.12. The van der Waals surface area contributed by atoms with Crippen molar-refractivity contribution in [2.75, 3.05) is 31.1 Å². The molecule has 21 heavy (non-hydrogen) atoms. The van der Waals surface area contributed by atoms with Crippen LogP contribution in [0.4, 0.5) is 5.69 Å². The molecule has 0 aliphatic rings. The van der Waals surface area contributed by atoms with Crippen molar-refractivity contribution >= 4 is 11.6 Å². The highest BCUT2D eigenvalue weighted by Gasteiger charge is 2.08. The molecule has 2 N–H and O–H groups in total. The molecule has 0 saturated heterocycles. The van der Waals surface area contributed by atoms with Gasteiger partial charge in [0.2, 0.25) is 0 Å². The number of anilines is 1. The van der Waals surface area contributed by atoms with Gasteiger partial charge in [-0.05, 0) is 51.1 Å². The molecule has 0 unspecified atom stereocenters. The monoisotopic (exact) mass is 291 g/mol. The topological polar surface area (TPSA) is 44.4 Å². The third-order valence-corrected chi connectivity index (χ3v) is 3.49. The quantitative estimate of drug-likeness (QED) is 0.735. The number of nitrogens with one attached hydrogen (secondary N) is 2.